The molecule has 2 heterocycles. The number of carbonyl (C=O) groups excluding carboxylic acids is 2. The summed E-state index contributed by atoms with van der Waals surface area (Å²) in [6.45, 7) is 0.621. The van der Waals surface area contributed by atoms with E-state index < -0.39 is 23.2 Å². The highest BCUT2D eigenvalue weighted by Crippen LogP contribution is 2.44. The molecule has 1 fully saturated rings. The lowest BCUT2D eigenvalue weighted by atomic mass is 9.98. The number of fused-ring (bicyclic) bond motifs is 3. The standard InChI is InChI=1S/C23H21N5O5S/c29-20(28-9-10-34-18(11-28)21(30)31)19-24-22(27-26-19)25-23(32)33-12-17-15-7-3-1-5-13(15)14-6-2-4-8-16(14)17/h1-8,17-18H,9-12H2,(H,30,31)(H2,24,25,26,27,32). The Morgan fingerprint density at radius 3 is 2.47 bits per heavy atom. The second-order valence-corrected chi connectivity index (χ2v) is 9.22. The molecule has 5 rings (SSSR count). The molecule has 2 amide bonds. The van der Waals surface area contributed by atoms with Crippen molar-refractivity contribution in [2.24, 2.45) is 0 Å². The van der Waals surface area contributed by atoms with Crippen LogP contribution in [0.4, 0.5) is 10.7 Å². The maximum absolute atomic E-state index is 12.6. The van der Waals surface area contributed by atoms with Crippen LogP contribution in [0.15, 0.2) is 48.5 Å². The molecule has 1 unspecified atom stereocenters. The highest BCUT2D eigenvalue weighted by Gasteiger charge is 2.31. The first-order chi connectivity index (χ1) is 16.5. The minimum absolute atomic E-state index is 0.0780. The number of thioether (sulfide) groups is 1. The molecular weight excluding hydrogens is 458 g/mol. The number of benzene rings is 2. The Morgan fingerprint density at radius 2 is 1.79 bits per heavy atom. The fraction of sp³-hybridized carbons (Fsp3) is 0.261. The van der Waals surface area contributed by atoms with Crippen molar-refractivity contribution in [1.82, 2.24) is 20.1 Å². The molecule has 1 saturated heterocycles. The fourth-order valence-electron chi connectivity index (χ4n) is 4.27. The highest BCUT2D eigenvalue weighted by atomic mass is 32.2. The molecule has 10 nitrogen and oxygen atoms in total. The quantitative estimate of drug-likeness (QED) is 0.508. The first-order valence-corrected chi connectivity index (χ1v) is 11.7. The number of carboxylic acid groups (broad SMARTS) is 1. The molecule has 2 aromatic carbocycles. The fourth-order valence-corrected chi connectivity index (χ4v) is 5.31. The number of aliphatic carboxylic acids is 1. The number of hydrogen-bond acceptors (Lipinski definition) is 7. The Hall–Kier alpha value is -3.86. The van der Waals surface area contributed by atoms with Crippen molar-refractivity contribution in [3.8, 4) is 11.1 Å². The minimum Gasteiger partial charge on any atom is -0.480 e. The smallest absolute Gasteiger partial charge is 0.414 e. The van der Waals surface area contributed by atoms with E-state index >= 15 is 0 Å². The van der Waals surface area contributed by atoms with E-state index in [4.69, 9.17) is 4.74 Å². The lowest BCUT2D eigenvalue weighted by molar-refractivity contribution is -0.136. The van der Waals surface area contributed by atoms with Gasteiger partial charge in [-0.15, -0.1) is 16.9 Å². The number of rotatable bonds is 5. The number of carbonyl (C=O) groups is 3. The van der Waals surface area contributed by atoms with Crippen LogP contribution < -0.4 is 5.32 Å². The zero-order valence-corrected chi connectivity index (χ0v) is 18.7. The minimum atomic E-state index is -0.960. The van der Waals surface area contributed by atoms with Gasteiger partial charge < -0.3 is 14.7 Å². The summed E-state index contributed by atoms with van der Waals surface area (Å²) in [6.07, 6.45) is -0.736. The van der Waals surface area contributed by atoms with Gasteiger partial charge in [-0.1, -0.05) is 48.5 Å². The second-order valence-electron chi connectivity index (χ2n) is 7.91. The number of ether oxygens (including phenoxy) is 1. The van der Waals surface area contributed by atoms with Crippen LogP contribution in [-0.4, -0.2) is 73.9 Å². The lowest BCUT2D eigenvalue weighted by Gasteiger charge is -2.29. The summed E-state index contributed by atoms with van der Waals surface area (Å²) < 4.78 is 5.46. The topological polar surface area (TPSA) is 138 Å². The van der Waals surface area contributed by atoms with Crippen molar-refractivity contribution in [1.29, 1.82) is 0 Å². The SMILES string of the molecule is O=C(Nc1n[nH]c(C(=O)N2CCSC(C(=O)O)C2)n1)OCC1c2ccccc2-c2ccccc21. The molecular formula is C23H21N5O5S. The monoisotopic (exact) mass is 479 g/mol. The zero-order valence-electron chi connectivity index (χ0n) is 17.9. The van der Waals surface area contributed by atoms with Crippen LogP contribution in [0.25, 0.3) is 11.1 Å². The van der Waals surface area contributed by atoms with E-state index in [0.29, 0.717) is 12.3 Å². The van der Waals surface area contributed by atoms with Gasteiger partial charge in [0.25, 0.3) is 11.9 Å². The molecule has 174 valence electrons. The van der Waals surface area contributed by atoms with Crippen molar-refractivity contribution in [2.75, 3.05) is 30.8 Å². The summed E-state index contributed by atoms with van der Waals surface area (Å²) in [7, 11) is 0. The third-order valence-corrected chi connectivity index (χ3v) is 7.05. The number of carboxylic acids is 1. The van der Waals surface area contributed by atoms with Gasteiger partial charge in [-0.05, 0) is 22.3 Å². The predicted octanol–water partition coefficient (Wildman–Crippen LogP) is 2.81. The van der Waals surface area contributed by atoms with Crippen LogP contribution >= 0.6 is 11.8 Å². The van der Waals surface area contributed by atoms with Crippen LogP contribution in [0.2, 0.25) is 0 Å². The van der Waals surface area contributed by atoms with Gasteiger partial charge in [-0.2, -0.15) is 4.98 Å². The normalized spacial score (nSPS) is 17.1. The number of nitrogens with one attached hydrogen (secondary N) is 2. The molecule has 1 aliphatic heterocycles. The number of H-pyrrole nitrogens is 1. The first-order valence-electron chi connectivity index (χ1n) is 10.7. The average molecular weight is 480 g/mol. The van der Waals surface area contributed by atoms with Crippen LogP contribution in [-0.2, 0) is 9.53 Å². The van der Waals surface area contributed by atoms with Crippen molar-refractivity contribution < 1.29 is 24.2 Å². The molecule has 34 heavy (non-hydrogen) atoms. The third kappa shape index (κ3) is 4.21. The van der Waals surface area contributed by atoms with Crippen molar-refractivity contribution in [3.63, 3.8) is 0 Å². The van der Waals surface area contributed by atoms with Crippen molar-refractivity contribution in [3.05, 3.63) is 65.5 Å². The third-order valence-electron chi connectivity index (χ3n) is 5.87. The van der Waals surface area contributed by atoms with E-state index in [1.165, 1.54) is 16.7 Å². The average Bonchev–Trinajstić information content (AvgIpc) is 3.45. The van der Waals surface area contributed by atoms with Gasteiger partial charge in [0.1, 0.15) is 11.9 Å². The second kappa shape index (κ2) is 9.18. The number of aromatic nitrogens is 3. The zero-order chi connectivity index (χ0) is 23.7. The maximum Gasteiger partial charge on any atom is 0.414 e. The number of hydrogen-bond donors (Lipinski definition) is 3. The molecule has 1 aliphatic carbocycles. The molecule has 1 atom stereocenters. The summed E-state index contributed by atoms with van der Waals surface area (Å²) in [5.74, 6) is -1.17. The molecule has 0 spiro atoms. The Kier molecular flexibility index (Phi) is 5.93. The number of nitrogens with zero attached hydrogens (tertiary/aromatic N) is 3. The Labute approximate surface area is 198 Å². The first kappa shape index (κ1) is 22.0. The van der Waals surface area contributed by atoms with Crippen LogP contribution in [0, 0.1) is 0 Å². The number of aromatic amines is 1. The van der Waals surface area contributed by atoms with Gasteiger partial charge in [-0.25, -0.2) is 4.79 Å². The molecule has 3 N–H and O–H groups in total. The molecule has 2 aliphatic rings. The van der Waals surface area contributed by atoms with E-state index in [0.717, 1.165) is 22.3 Å². The van der Waals surface area contributed by atoms with Crippen LogP contribution in [0.5, 0.6) is 0 Å². The van der Waals surface area contributed by atoms with E-state index in [1.54, 1.807) is 0 Å². The van der Waals surface area contributed by atoms with Crippen LogP contribution in [0.1, 0.15) is 27.7 Å². The van der Waals surface area contributed by atoms with Gasteiger partial charge in [0, 0.05) is 24.8 Å². The van der Waals surface area contributed by atoms with E-state index in [9.17, 15) is 19.5 Å². The predicted molar refractivity (Wildman–Crippen MR) is 125 cm³/mol. The molecule has 0 radical (unpaired) electrons. The number of amides is 2. The van der Waals surface area contributed by atoms with Gasteiger partial charge in [0.15, 0.2) is 0 Å². The van der Waals surface area contributed by atoms with E-state index in [1.807, 2.05) is 36.4 Å². The largest absolute Gasteiger partial charge is 0.480 e. The van der Waals surface area contributed by atoms with Gasteiger partial charge in [0.05, 0.1) is 0 Å². The summed E-state index contributed by atoms with van der Waals surface area (Å²) in [5.41, 5.74) is 4.46. The van der Waals surface area contributed by atoms with E-state index in [2.05, 4.69) is 32.6 Å². The Balaban J connectivity index is 1.20. The summed E-state index contributed by atoms with van der Waals surface area (Å²) >= 11 is 1.30. The van der Waals surface area contributed by atoms with Gasteiger partial charge in [0.2, 0.25) is 5.82 Å². The van der Waals surface area contributed by atoms with Crippen molar-refractivity contribution >= 4 is 35.7 Å². The molecule has 3 aromatic rings. The van der Waals surface area contributed by atoms with Gasteiger partial charge >= 0.3 is 12.1 Å². The molecule has 0 saturated carbocycles. The van der Waals surface area contributed by atoms with Crippen molar-refractivity contribution in [2.45, 2.75) is 11.2 Å². The molecule has 1 aromatic heterocycles. The summed E-state index contributed by atoms with van der Waals surface area (Å²) in [6, 6.07) is 16.1. The van der Waals surface area contributed by atoms with E-state index in [-0.39, 0.29) is 30.8 Å². The highest BCUT2D eigenvalue weighted by molar-refractivity contribution is 8.00. The number of anilines is 1. The van der Waals surface area contributed by atoms with Gasteiger partial charge in [-0.3, -0.25) is 20.0 Å². The van der Waals surface area contributed by atoms with Crippen LogP contribution in [0.3, 0.4) is 0 Å². The molecule has 0 bridgehead atoms. The Morgan fingerprint density at radius 1 is 1.12 bits per heavy atom. The summed E-state index contributed by atoms with van der Waals surface area (Å²) in [4.78, 5) is 41.7. The lowest BCUT2D eigenvalue weighted by Crippen LogP contribution is -2.44. The summed E-state index contributed by atoms with van der Waals surface area (Å²) in [5, 5.41) is 17.3. The maximum atomic E-state index is 12.6. The Bertz CT molecular complexity index is 1220. The molecule has 11 heteroatoms.